The molecular weight excluding hydrogens is 366 g/mol. The van der Waals surface area contributed by atoms with Crippen LogP contribution >= 0.6 is 15.9 Å². The molecule has 0 aliphatic carbocycles. The Hall–Kier alpha value is -1.95. The van der Waals surface area contributed by atoms with Crippen molar-refractivity contribution < 1.29 is 13.6 Å². The highest BCUT2D eigenvalue weighted by Gasteiger charge is 2.14. The molecule has 0 heterocycles. The fraction of sp³-hybridized carbons (Fsp3) is 0.235. The molecule has 0 spiro atoms. The van der Waals surface area contributed by atoms with Crippen LogP contribution < -0.4 is 10.6 Å². The first-order valence-electron chi connectivity index (χ1n) is 7.13. The first-order chi connectivity index (χ1) is 10.9. The van der Waals surface area contributed by atoms with Gasteiger partial charge >= 0.3 is 6.03 Å². The summed E-state index contributed by atoms with van der Waals surface area (Å²) in [6, 6.07) is 8.40. The Kier molecular flexibility index (Phi) is 5.71. The predicted octanol–water partition coefficient (Wildman–Crippen LogP) is 4.79. The monoisotopic (exact) mass is 382 g/mol. The lowest BCUT2D eigenvalue weighted by Crippen LogP contribution is -2.37. The molecule has 122 valence electrons. The first-order valence-corrected chi connectivity index (χ1v) is 7.92. The van der Waals surface area contributed by atoms with Gasteiger partial charge in [0.25, 0.3) is 0 Å². The van der Waals surface area contributed by atoms with E-state index in [1.165, 1.54) is 18.2 Å². The number of benzene rings is 2. The Morgan fingerprint density at radius 3 is 2.48 bits per heavy atom. The Balaban J connectivity index is 1.97. The van der Waals surface area contributed by atoms with Gasteiger partial charge in [-0.3, -0.25) is 0 Å². The van der Waals surface area contributed by atoms with Crippen molar-refractivity contribution in [3.05, 3.63) is 63.6 Å². The third-order valence-corrected chi connectivity index (χ3v) is 3.98. The van der Waals surface area contributed by atoms with E-state index < -0.39 is 23.7 Å². The number of hydrogen-bond donors (Lipinski definition) is 2. The fourth-order valence-corrected chi connectivity index (χ4v) is 2.78. The average Bonchev–Trinajstić information content (AvgIpc) is 2.46. The zero-order valence-electron chi connectivity index (χ0n) is 12.8. The molecule has 1 atom stereocenters. The molecule has 0 aromatic heterocycles. The van der Waals surface area contributed by atoms with Crippen LogP contribution in [0.15, 0.2) is 40.9 Å². The van der Waals surface area contributed by atoms with Crippen LogP contribution in [0.2, 0.25) is 0 Å². The van der Waals surface area contributed by atoms with E-state index in [2.05, 4.69) is 26.6 Å². The lowest BCUT2D eigenvalue weighted by Gasteiger charge is -2.16. The molecule has 3 nitrogen and oxygen atoms in total. The van der Waals surface area contributed by atoms with Crippen LogP contribution in [0.3, 0.4) is 0 Å². The Bertz CT molecular complexity index is 701. The molecule has 0 saturated heterocycles. The third kappa shape index (κ3) is 4.76. The van der Waals surface area contributed by atoms with Crippen molar-refractivity contribution in [2.75, 3.05) is 5.32 Å². The average molecular weight is 383 g/mol. The van der Waals surface area contributed by atoms with Crippen LogP contribution in [0.4, 0.5) is 19.3 Å². The Morgan fingerprint density at radius 1 is 1.22 bits per heavy atom. The van der Waals surface area contributed by atoms with Gasteiger partial charge in [-0.05, 0) is 66.0 Å². The van der Waals surface area contributed by atoms with Crippen molar-refractivity contribution in [2.45, 2.75) is 26.3 Å². The van der Waals surface area contributed by atoms with E-state index in [-0.39, 0.29) is 12.0 Å². The number of carbonyl (C=O) groups excluding carboxylic acids is 1. The minimum Gasteiger partial charge on any atom is -0.335 e. The summed E-state index contributed by atoms with van der Waals surface area (Å²) in [6.07, 6.45) is 0.0704. The van der Waals surface area contributed by atoms with Gasteiger partial charge in [0.2, 0.25) is 0 Å². The number of carbonyl (C=O) groups is 1. The van der Waals surface area contributed by atoms with Crippen molar-refractivity contribution in [3.8, 4) is 0 Å². The molecule has 0 aliphatic heterocycles. The van der Waals surface area contributed by atoms with Crippen molar-refractivity contribution in [1.82, 2.24) is 5.32 Å². The number of anilines is 1. The van der Waals surface area contributed by atoms with Crippen molar-refractivity contribution in [3.63, 3.8) is 0 Å². The second kappa shape index (κ2) is 7.55. The van der Waals surface area contributed by atoms with Crippen LogP contribution in [0.25, 0.3) is 0 Å². The normalized spacial score (nSPS) is 11.9. The second-order valence-electron chi connectivity index (χ2n) is 5.39. The molecule has 2 aromatic rings. The highest BCUT2D eigenvalue weighted by Crippen LogP contribution is 2.23. The van der Waals surface area contributed by atoms with Gasteiger partial charge in [0.05, 0.1) is 5.69 Å². The maximum absolute atomic E-state index is 13.6. The summed E-state index contributed by atoms with van der Waals surface area (Å²) in [4.78, 5) is 12.0. The van der Waals surface area contributed by atoms with Crippen molar-refractivity contribution >= 4 is 27.6 Å². The number of amides is 2. The van der Waals surface area contributed by atoms with E-state index in [1.54, 1.807) is 13.0 Å². The van der Waals surface area contributed by atoms with E-state index in [9.17, 15) is 13.6 Å². The Morgan fingerprint density at radius 2 is 1.87 bits per heavy atom. The highest BCUT2D eigenvalue weighted by molar-refractivity contribution is 9.10. The summed E-state index contributed by atoms with van der Waals surface area (Å²) in [6.45, 7) is 3.63. The maximum Gasteiger partial charge on any atom is 0.319 e. The summed E-state index contributed by atoms with van der Waals surface area (Å²) in [5.74, 6) is -1.22. The van der Waals surface area contributed by atoms with Crippen LogP contribution in [-0.4, -0.2) is 12.1 Å². The number of rotatable bonds is 4. The summed E-state index contributed by atoms with van der Waals surface area (Å²) in [5, 5.41) is 5.37. The van der Waals surface area contributed by atoms with Gasteiger partial charge in [0.1, 0.15) is 11.6 Å². The number of nitrogens with one attached hydrogen (secondary N) is 2. The van der Waals surface area contributed by atoms with Gasteiger partial charge in [-0.1, -0.05) is 12.1 Å². The molecule has 0 bridgehead atoms. The van der Waals surface area contributed by atoms with Gasteiger partial charge in [-0.25, -0.2) is 13.6 Å². The van der Waals surface area contributed by atoms with E-state index in [4.69, 9.17) is 0 Å². The zero-order chi connectivity index (χ0) is 17.0. The van der Waals surface area contributed by atoms with E-state index in [0.717, 1.165) is 10.0 Å². The maximum atomic E-state index is 13.6. The highest BCUT2D eigenvalue weighted by atomic mass is 79.9. The minimum absolute atomic E-state index is 0.0307. The molecule has 0 saturated carbocycles. The molecule has 2 amide bonds. The SMILES string of the molecule is Cc1ccc(NC(=O)NC(C)Cc2c(F)cccc2F)c(Br)c1. The van der Waals surface area contributed by atoms with Gasteiger partial charge in [0, 0.05) is 16.1 Å². The Labute approximate surface area is 142 Å². The molecule has 0 aliphatic rings. The van der Waals surface area contributed by atoms with Crippen LogP contribution in [0, 0.1) is 18.6 Å². The lowest BCUT2D eigenvalue weighted by atomic mass is 10.1. The number of halogens is 3. The number of urea groups is 1. The van der Waals surface area contributed by atoms with Crippen molar-refractivity contribution in [2.24, 2.45) is 0 Å². The molecule has 2 rings (SSSR count). The summed E-state index contributed by atoms with van der Waals surface area (Å²) >= 11 is 3.37. The van der Waals surface area contributed by atoms with E-state index >= 15 is 0 Å². The van der Waals surface area contributed by atoms with Gasteiger partial charge < -0.3 is 10.6 Å². The van der Waals surface area contributed by atoms with E-state index in [1.807, 2.05) is 19.1 Å². The molecule has 23 heavy (non-hydrogen) atoms. The number of hydrogen-bond acceptors (Lipinski definition) is 1. The topological polar surface area (TPSA) is 41.1 Å². The fourth-order valence-electron chi connectivity index (χ4n) is 2.19. The van der Waals surface area contributed by atoms with Gasteiger partial charge in [-0.2, -0.15) is 0 Å². The molecular formula is C17H17BrF2N2O. The molecule has 0 fully saturated rings. The quantitative estimate of drug-likeness (QED) is 0.783. The lowest BCUT2D eigenvalue weighted by molar-refractivity contribution is 0.249. The van der Waals surface area contributed by atoms with Gasteiger partial charge in [-0.15, -0.1) is 0 Å². The molecule has 0 radical (unpaired) electrons. The first kappa shape index (κ1) is 17.4. The summed E-state index contributed by atoms with van der Waals surface area (Å²) in [7, 11) is 0. The van der Waals surface area contributed by atoms with Crippen LogP contribution in [0.5, 0.6) is 0 Å². The smallest absolute Gasteiger partial charge is 0.319 e. The standard InChI is InChI=1S/C17H17BrF2N2O/c1-10-6-7-16(13(18)8-10)22-17(23)21-11(2)9-12-14(19)4-3-5-15(12)20/h3-8,11H,9H2,1-2H3,(H2,21,22,23). The predicted molar refractivity (Wildman–Crippen MR) is 90.6 cm³/mol. The summed E-state index contributed by atoms with van der Waals surface area (Å²) < 4.78 is 28.0. The largest absolute Gasteiger partial charge is 0.335 e. The van der Waals surface area contributed by atoms with Crippen LogP contribution in [-0.2, 0) is 6.42 Å². The third-order valence-electron chi connectivity index (χ3n) is 3.32. The molecule has 6 heteroatoms. The van der Waals surface area contributed by atoms with Gasteiger partial charge in [0.15, 0.2) is 0 Å². The van der Waals surface area contributed by atoms with E-state index in [0.29, 0.717) is 5.69 Å². The van der Waals surface area contributed by atoms with Crippen LogP contribution in [0.1, 0.15) is 18.1 Å². The molecule has 2 N–H and O–H groups in total. The summed E-state index contributed by atoms with van der Waals surface area (Å²) in [5.41, 5.74) is 1.65. The zero-order valence-corrected chi connectivity index (χ0v) is 14.4. The number of aryl methyl sites for hydroxylation is 1. The molecule has 1 unspecified atom stereocenters. The second-order valence-corrected chi connectivity index (χ2v) is 6.24. The minimum atomic E-state index is -0.611. The molecule has 2 aromatic carbocycles. The van der Waals surface area contributed by atoms with Crippen molar-refractivity contribution in [1.29, 1.82) is 0 Å².